The predicted octanol–water partition coefficient (Wildman–Crippen LogP) is 4.28. The molecule has 0 fully saturated rings. The lowest BCUT2D eigenvalue weighted by molar-refractivity contribution is 0.292. The maximum absolute atomic E-state index is 10.3. The molecule has 21 heavy (non-hydrogen) atoms. The Hall–Kier alpha value is -1.19. The van der Waals surface area contributed by atoms with Gasteiger partial charge in [0.05, 0.1) is 0 Å². The number of phenols is 1. The van der Waals surface area contributed by atoms with Gasteiger partial charge in [0.1, 0.15) is 17.1 Å². The van der Waals surface area contributed by atoms with Crippen molar-refractivity contribution in [3.05, 3.63) is 29.0 Å². The molecule has 0 atom stereocenters. The van der Waals surface area contributed by atoms with E-state index in [-0.39, 0.29) is 12.4 Å². The summed E-state index contributed by atoms with van der Waals surface area (Å²) in [5.74, 6) is 1.54. The highest BCUT2D eigenvalue weighted by atomic mass is 35.5. The van der Waals surface area contributed by atoms with Crippen molar-refractivity contribution < 1.29 is 9.52 Å². The molecule has 0 saturated heterocycles. The van der Waals surface area contributed by atoms with Gasteiger partial charge >= 0.3 is 0 Å². The first-order valence-corrected chi connectivity index (χ1v) is 7.72. The Balaban J connectivity index is 0.00000161. The van der Waals surface area contributed by atoms with Crippen LogP contribution in [0.3, 0.4) is 0 Å². The van der Waals surface area contributed by atoms with Crippen molar-refractivity contribution in [2.75, 3.05) is 13.1 Å². The number of nitrogens with zero attached hydrogens (tertiary/aromatic N) is 1. The highest BCUT2D eigenvalue weighted by Gasteiger charge is 2.22. The van der Waals surface area contributed by atoms with Gasteiger partial charge in [-0.05, 0) is 44.5 Å². The molecular weight excluding hydrogens is 286 g/mol. The van der Waals surface area contributed by atoms with Crippen LogP contribution in [0.1, 0.15) is 43.6 Å². The molecule has 0 unspecified atom stereocenters. The minimum absolute atomic E-state index is 0. The van der Waals surface area contributed by atoms with Crippen LogP contribution in [0.5, 0.6) is 5.75 Å². The number of aryl methyl sites for hydroxylation is 2. The zero-order valence-electron chi connectivity index (χ0n) is 12.8. The standard InChI is InChI=1S/C17H23NO2.ClH/c1-3-18(4-2)11-13-14(19)9-10-16-17(13)12-7-5-6-8-15(12)20-16;/h9-10,19H,3-8,11H2,1-2H3;1H. The molecule has 1 aliphatic rings. The molecule has 0 bridgehead atoms. The van der Waals surface area contributed by atoms with Crippen LogP contribution in [0.2, 0.25) is 0 Å². The number of rotatable bonds is 4. The van der Waals surface area contributed by atoms with Crippen LogP contribution in [0.25, 0.3) is 11.0 Å². The number of phenolic OH excluding ortho intramolecular Hbond substituents is 1. The quantitative estimate of drug-likeness (QED) is 0.915. The number of furan rings is 1. The molecule has 2 aromatic rings. The zero-order valence-corrected chi connectivity index (χ0v) is 13.6. The third-order valence-corrected chi connectivity index (χ3v) is 4.48. The van der Waals surface area contributed by atoms with Crippen LogP contribution in [0.15, 0.2) is 16.5 Å². The highest BCUT2D eigenvalue weighted by Crippen LogP contribution is 2.37. The Morgan fingerprint density at radius 3 is 2.57 bits per heavy atom. The van der Waals surface area contributed by atoms with E-state index in [4.69, 9.17) is 4.42 Å². The van der Waals surface area contributed by atoms with E-state index in [9.17, 15) is 5.11 Å². The van der Waals surface area contributed by atoms with Crippen molar-refractivity contribution in [3.63, 3.8) is 0 Å². The van der Waals surface area contributed by atoms with E-state index >= 15 is 0 Å². The average molecular weight is 310 g/mol. The molecule has 3 rings (SSSR count). The summed E-state index contributed by atoms with van der Waals surface area (Å²) < 4.78 is 6.01. The number of halogens is 1. The van der Waals surface area contributed by atoms with Gasteiger partial charge in [0.2, 0.25) is 0 Å². The molecule has 0 saturated carbocycles. The fraction of sp³-hybridized carbons (Fsp3) is 0.529. The molecule has 0 amide bonds. The van der Waals surface area contributed by atoms with Crippen molar-refractivity contribution in [3.8, 4) is 5.75 Å². The normalized spacial score (nSPS) is 14.2. The molecule has 4 heteroatoms. The Bertz CT molecular complexity index is 617. The highest BCUT2D eigenvalue weighted by molar-refractivity contribution is 5.88. The van der Waals surface area contributed by atoms with Crippen LogP contribution in [0.4, 0.5) is 0 Å². The SMILES string of the molecule is CCN(CC)Cc1c(O)ccc2oc3c(c12)CCCC3.Cl. The molecule has 1 aromatic carbocycles. The Morgan fingerprint density at radius 2 is 1.86 bits per heavy atom. The molecule has 0 radical (unpaired) electrons. The van der Waals surface area contributed by atoms with Gasteiger partial charge in [0.25, 0.3) is 0 Å². The molecule has 116 valence electrons. The van der Waals surface area contributed by atoms with E-state index in [1.165, 1.54) is 23.8 Å². The Labute approximate surface area is 132 Å². The first-order valence-electron chi connectivity index (χ1n) is 7.72. The fourth-order valence-corrected chi connectivity index (χ4v) is 3.25. The molecule has 1 aromatic heterocycles. The summed E-state index contributed by atoms with van der Waals surface area (Å²) >= 11 is 0. The minimum Gasteiger partial charge on any atom is -0.508 e. The lowest BCUT2D eigenvalue weighted by atomic mass is 9.93. The average Bonchev–Trinajstić information content (AvgIpc) is 2.85. The van der Waals surface area contributed by atoms with Gasteiger partial charge in [-0.3, -0.25) is 4.90 Å². The van der Waals surface area contributed by atoms with E-state index in [1.54, 1.807) is 6.07 Å². The van der Waals surface area contributed by atoms with Gasteiger partial charge in [-0.2, -0.15) is 0 Å². The maximum atomic E-state index is 10.3. The van der Waals surface area contributed by atoms with Crippen molar-refractivity contribution in [2.45, 2.75) is 46.1 Å². The van der Waals surface area contributed by atoms with Crippen LogP contribution >= 0.6 is 12.4 Å². The second kappa shape index (κ2) is 6.71. The van der Waals surface area contributed by atoms with E-state index < -0.39 is 0 Å². The summed E-state index contributed by atoms with van der Waals surface area (Å²) in [5.41, 5.74) is 3.32. The number of hydrogen-bond acceptors (Lipinski definition) is 3. The van der Waals surface area contributed by atoms with E-state index in [0.717, 1.165) is 49.4 Å². The van der Waals surface area contributed by atoms with Crippen molar-refractivity contribution >= 4 is 23.4 Å². The fourth-order valence-electron chi connectivity index (χ4n) is 3.25. The molecule has 3 nitrogen and oxygen atoms in total. The van der Waals surface area contributed by atoms with Crippen molar-refractivity contribution in [1.82, 2.24) is 4.90 Å². The lowest BCUT2D eigenvalue weighted by Crippen LogP contribution is -2.22. The second-order valence-corrected chi connectivity index (χ2v) is 5.61. The van der Waals surface area contributed by atoms with Gasteiger partial charge in [-0.15, -0.1) is 12.4 Å². The van der Waals surface area contributed by atoms with Crippen LogP contribution in [0, 0.1) is 0 Å². The van der Waals surface area contributed by atoms with E-state index in [0.29, 0.717) is 5.75 Å². The molecule has 1 N–H and O–H groups in total. The number of benzene rings is 1. The lowest BCUT2D eigenvalue weighted by Gasteiger charge is -2.20. The third-order valence-electron chi connectivity index (χ3n) is 4.48. The molecule has 1 heterocycles. The molecular formula is C17H24ClNO2. The van der Waals surface area contributed by atoms with Crippen LogP contribution < -0.4 is 0 Å². The number of fused-ring (bicyclic) bond motifs is 3. The van der Waals surface area contributed by atoms with Crippen LogP contribution in [-0.2, 0) is 19.4 Å². The smallest absolute Gasteiger partial charge is 0.135 e. The van der Waals surface area contributed by atoms with E-state index in [2.05, 4.69) is 18.7 Å². The molecule has 0 spiro atoms. The Morgan fingerprint density at radius 1 is 1.14 bits per heavy atom. The first kappa shape index (κ1) is 16.2. The Kier molecular flexibility index (Phi) is 5.17. The number of aromatic hydroxyl groups is 1. The largest absolute Gasteiger partial charge is 0.508 e. The number of hydrogen-bond donors (Lipinski definition) is 1. The maximum Gasteiger partial charge on any atom is 0.135 e. The van der Waals surface area contributed by atoms with Crippen molar-refractivity contribution in [1.29, 1.82) is 0 Å². The summed E-state index contributed by atoms with van der Waals surface area (Å²) in [5, 5.41) is 11.5. The van der Waals surface area contributed by atoms with E-state index in [1.807, 2.05) is 6.07 Å². The van der Waals surface area contributed by atoms with Crippen molar-refractivity contribution in [2.24, 2.45) is 0 Å². The van der Waals surface area contributed by atoms with Crippen LogP contribution in [-0.4, -0.2) is 23.1 Å². The summed E-state index contributed by atoms with van der Waals surface area (Å²) in [6.07, 6.45) is 4.55. The summed E-state index contributed by atoms with van der Waals surface area (Å²) in [6.45, 7) is 7.10. The summed E-state index contributed by atoms with van der Waals surface area (Å²) in [7, 11) is 0. The first-order chi connectivity index (χ1) is 9.74. The third kappa shape index (κ3) is 2.90. The monoisotopic (exact) mass is 309 g/mol. The van der Waals surface area contributed by atoms with Gasteiger partial charge in [-0.1, -0.05) is 13.8 Å². The van der Waals surface area contributed by atoms with Gasteiger partial charge in [0.15, 0.2) is 0 Å². The van der Waals surface area contributed by atoms with Gasteiger partial charge < -0.3 is 9.52 Å². The van der Waals surface area contributed by atoms with Gasteiger partial charge in [-0.25, -0.2) is 0 Å². The summed E-state index contributed by atoms with van der Waals surface area (Å²) in [6, 6.07) is 3.69. The predicted molar refractivity (Wildman–Crippen MR) is 88.4 cm³/mol. The molecule has 0 aliphatic heterocycles. The zero-order chi connectivity index (χ0) is 14.1. The minimum atomic E-state index is 0. The molecule has 1 aliphatic carbocycles. The second-order valence-electron chi connectivity index (χ2n) is 5.61. The van der Waals surface area contributed by atoms with Gasteiger partial charge in [0, 0.05) is 29.5 Å². The topological polar surface area (TPSA) is 36.6 Å². The summed E-state index contributed by atoms with van der Waals surface area (Å²) in [4.78, 5) is 2.33.